The molecule has 0 radical (unpaired) electrons. The minimum Gasteiger partial charge on any atom is -0.497 e. The van der Waals surface area contributed by atoms with Gasteiger partial charge in [-0.1, -0.05) is 18.2 Å². The maximum atomic E-state index is 9.58. The van der Waals surface area contributed by atoms with Gasteiger partial charge in [-0.25, -0.2) is 0 Å². The zero-order valence-corrected chi connectivity index (χ0v) is 13.9. The fourth-order valence-corrected chi connectivity index (χ4v) is 2.89. The van der Waals surface area contributed by atoms with Crippen LogP contribution in [0, 0.1) is 11.3 Å². The Hall–Kier alpha value is -3.13. The normalized spacial score (nSPS) is 16.0. The van der Waals surface area contributed by atoms with Crippen LogP contribution in [-0.4, -0.2) is 21.2 Å². The highest BCUT2D eigenvalue weighted by Gasteiger charge is 2.31. The Balaban J connectivity index is 2.18. The fraction of sp³-hybridized carbons (Fsp3) is 0.211. The lowest BCUT2D eigenvalue weighted by atomic mass is 9.83. The van der Waals surface area contributed by atoms with E-state index in [1.807, 2.05) is 61.5 Å². The predicted octanol–water partition coefficient (Wildman–Crippen LogP) is 2.98. The van der Waals surface area contributed by atoms with Crippen LogP contribution >= 0.6 is 0 Å². The molecule has 0 fully saturated rings. The van der Waals surface area contributed by atoms with Gasteiger partial charge in [-0.15, -0.1) is 0 Å². The summed E-state index contributed by atoms with van der Waals surface area (Å²) in [7, 11) is 5.55. The van der Waals surface area contributed by atoms with Crippen molar-refractivity contribution < 1.29 is 9.47 Å². The molecule has 1 aliphatic rings. The van der Waals surface area contributed by atoms with Gasteiger partial charge in [0.25, 0.3) is 0 Å². The summed E-state index contributed by atoms with van der Waals surface area (Å²) >= 11 is 0. The molecule has 1 aliphatic heterocycles. The molecule has 0 spiro atoms. The van der Waals surface area contributed by atoms with Crippen LogP contribution in [-0.2, 0) is 0 Å². The number of rotatable bonds is 3. The van der Waals surface area contributed by atoms with Crippen molar-refractivity contribution in [3.05, 3.63) is 65.0 Å². The summed E-state index contributed by atoms with van der Waals surface area (Å²) in [4.78, 5) is 1.99. The lowest BCUT2D eigenvalue weighted by Crippen LogP contribution is -2.21. The van der Waals surface area contributed by atoms with Gasteiger partial charge in [-0.3, -0.25) is 0 Å². The molecule has 122 valence electrons. The maximum Gasteiger partial charge on any atom is 0.205 e. The summed E-state index contributed by atoms with van der Waals surface area (Å²) in [5.41, 5.74) is 9.29. The summed E-state index contributed by atoms with van der Waals surface area (Å²) < 4.78 is 11.0. The molecule has 0 saturated heterocycles. The highest BCUT2D eigenvalue weighted by Crippen LogP contribution is 2.43. The van der Waals surface area contributed by atoms with E-state index in [4.69, 9.17) is 15.2 Å². The predicted molar refractivity (Wildman–Crippen MR) is 93.1 cm³/mol. The first-order valence-electron chi connectivity index (χ1n) is 7.58. The van der Waals surface area contributed by atoms with Gasteiger partial charge in [0.1, 0.15) is 23.1 Å². The Morgan fingerprint density at radius 2 is 2.00 bits per heavy atom. The van der Waals surface area contributed by atoms with E-state index >= 15 is 0 Å². The summed E-state index contributed by atoms with van der Waals surface area (Å²) in [6, 6.07) is 15.8. The second kappa shape index (κ2) is 6.17. The molecule has 2 aromatic rings. The monoisotopic (exact) mass is 321 g/mol. The number of benzene rings is 2. The van der Waals surface area contributed by atoms with E-state index in [0.717, 1.165) is 22.6 Å². The second-order valence-corrected chi connectivity index (χ2v) is 5.82. The number of allylic oxidation sites excluding steroid dienone is 1. The topological polar surface area (TPSA) is 71.5 Å². The highest BCUT2D eigenvalue weighted by atomic mass is 16.5. The highest BCUT2D eigenvalue weighted by molar-refractivity contribution is 5.61. The van der Waals surface area contributed by atoms with E-state index in [9.17, 15) is 5.26 Å². The molecule has 0 bridgehead atoms. The Bertz CT molecular complexity index is 850. The molecule has 0 saturated carbocycles. The summed E-state index contributed by atoms with van der Waals surface area (Å²) in [6.45, 7) is 0. The maximum absolute atomic E-state index is 9.58. The number of nitrogens with zero attached hydrogens (tertiary/aromatic N) is 2. The number of nitrogens with two attached hydrogens (primary N) is 1. The molecule has 0 aromatic heterocycles. The van der Waals surface area contributed by atoms with Gasteiger partial charge in [0, 0.05) is 31.4 Å². The molecule has 0 aliphatic carbocycles. The van der Waals surface area contributed by atoms with Crippen molar-refractivity contribution in [1.82, 2.24) is 0 Å². The second-order valence-electron chi connectivity index (χ2n) is 5.82. The molecule has 1 atom stereocenters. The Kier molecular flexibility index (Phi) is 4.05. The van der Waals surface area contributed by atoms with Crippen LogP contribution in [0.5, 0.6) is 11.5 Å². The van der Waals surface area contributed by atoms with E-state index in [2.05, 4.69) is 6.07 Å². The third kappa shape index (κ3) is 2.63. The van der Waals surface area contributed by atoms with Crippen molar-refractivity contribution in [3.63, 3.8) is 0 Å². The van der Waals surface area contributed by atoms with E-state index < -0.39 is 0 Å². The van der Waals surface area contributed by atoms with E-state index in [1.54, 1.807) is 7.11 Å². The molecular formula is C19H19N3O2. The number of methoxy groups -OCH3 is 1. The first-order valence-corrected chi connectivity index (χ1v) is 7.58. The van der Waals surface area contributed by atoms with Crippen LogP contribution in [0.15, 0.2) is 53.9 Å². The van der Waals surface area contributed by atoms with Crippen LogP contribution in [0.4, 0.5) is 5.69 Å². The van der Waals surface area contributed by atoms with Crippen LogP contribution in [0.25, 0.3) is 0 Å². The number of hydrogen-bond acceptors (Lipinski definition) is 5. The molecule has 0 unspecified atom stereocenters. The Morgan fingerprint density at radius 1 is 1.21 bits per heavy atom. The van der Waals surface area contributed by atoms with Gasteiger partial charge in [0.2, 0.25) is 5.88 Å². The average Bonchev–Trinajstić information content (AvgIpc) is 2.59. The lowest BCUT2D eigenvalue weighted by molar-refractivity contribution is 0.393. The fourth-order valence-electron chi connectivity index (χ4n) is 2.89. The molecule has 24 heavy (non-hydrogen) atoms. The van der Waals surface area contributed by atoms with E-state index in [-0.39, 0.29) is 11.8 Å². The van der Waals surface area contributed by atoms with Crippen LogP contribution in [0.1, 0.15) is 17.0 Å². The van der Waals surface area contributed by atoms with Crippen LogP contribution in [0.3, 0.4) is 0 Å². The summed E-state index contributed by atoms with van der Waals surface area (Å²) in [5, 5.41) is 9.58. The van der Waals surface area contributed by atoms with Crippen molar-refractivity contribution >= 4 is 5.69 Å². The van der Waals surface area contributed by atoms with Crippen molar-refractivity contribution in [3.8, 4) is 17.6 Å². The summed E-state index contributed by atoms with van der Waals surface area (Å²) in [5.74, 6) is 1.28. The van der Waals surface area contributed by atoms with Crippen molar-refractivity contribution in [1.29, 1.82) is 5.26 Å². The SMILES string of the molecule is COc1cccc([C@@H]2C(C#N)=C(N)Oc3cc(N(C)C)ccc32)c1. The number of nitriles is 1. The van der Waals surface area contributed by atoms with Crippen LogP contribution < -0.4 is 20.1 Å². The molecule has 3 rings (SSSR count). The molecule has 0 amide bonds. The quantitative estimate of drug-likeness (QED) is 0.941. The lowest BCUT2D eigenvalue weighted by Gasteiger charge is -2.27. The number of fused-ring (bicyclic) bond motifs is 1. The molecule has 2 aromatic carbocycles. The first kappa shape index (κ1) is 15.8. The standard InChI is InChI=1S/C19H19N3O2/c1-22(2)13-7-8-15-17(10-13)24-19(21)16(11-20)18(15)12-5-4-6-14(9-12)23-3/h4-10,18H,21H2,1-3H3/t18-/m0/s1. The minimum atomic E-state index is -0.273. The zero-order valence-electron chi connectivity index (χ0n) is 13.9. The number of ether oxygens (including phenoxy) is 2. The van der Waals surface area contributed by atoms with Gasteiger partial charge in [-0.05, 0) is 23.8 Å². The molecule has 5 heteroatoms. The first-order chi connectivity index (χ1) is 11.5. The molecule has 2 N–H and O–H groups in total. The van der Waals surface area contributed by atoms with Gasteiger partial charge in [-0.2, -0.15) is 5.26 Å². The molecule has 1 heterocycles. The van der Waals surface area contributed by atoms with Gasteiger partial charge in [0.05, 0.1) is 13.0 Å². The Labute approximate surface area is 141 Å². The van der Waals surface area contributed by atoms with Crippen molar-refractivity contribution in [2.24, 2.45) is 5.73 Å². The Morgan fingerprint density at radius 3 is 2.67 bits per heavy atom. The largest absolute Gasteiger partial charge is 0.497 e. The summed E-state index contributed by atoms with van der Waals surface area (Å²) in [6.07, 6.45) is 0. The van der Waals surface area contributed by atoms with E-state index in [1.165, 1.54) is 0 Å². The van der Waals surface area contributed by atoms with E-state index in [0.29, 0.717) is 11.3 Å². The molecular weight excluding hydrogens is 302 g/mol. The number of hydrogen-bond donors (Lipinski definition) is 1. The van der Waals surface area contributed by atoms with Crippen molar-refractivity contribution in [2.45, 2.75) is 5.92 Å². The van der Waals surface area contributed by atoms with Gasteiger partial charge >= 0.3 is 0 Å². The third-order valence-electron chi connectivity index (χ3n) is 4.15. The minimum absolute atomic E-state index is 0.147. The zero-order chi connectivity index (χ0) is 17.3. The molecule has 5 nitrogen and oxygen atoms in total. The van der Waals surface area contributed by atoms with Gasteiger partial charge < -0.3 is 20.1 Å². The number of anilines is 1. The van der Waals surface area contributed by atoms with Crippen molar-refractivity contribution in [2.75, 3.05) is 26.1 Å². The average molecular weight is 321 g/mol. The smallest absolute Gasteiger partial charge is 0.205 e. The van der Waals surface area contributed by atoms with Gasteiger partial charge in [0.15, 0.2) is 0 Å². The van der Waals surface area contributed by atoms with Crippen LogP contribution in [0.2, 0.25) is 0 Å². The third-order valence-corrected chi connectivity index (χ3v) is 4.15.